The summed E-state index contributed by atoms with van der Waals surface area (Å²) in [4.78, 5) is 22.8. The van der Waals surface area contributed by atoms with E-state index in [4.69, 9.17) is 22.0 Å². The van der Waals surface area contributed by atoms with Gasteiger partial charge in [0.1, 0.15) is 40.3 Å². The zero-order valence-corrected chi connectivity index (χ0v) is 22.8. The molecule has 0 fully saturated rings. The molecule has 0 saturated carbocycles. The van der Waals surface area contributed by atoms with E-state index < -0.39 is 17.5 Å². The predicted octanol–water partition coefficient (Wildman–Crippen LogP) is 4.93. The number of benzene rings is 2. The lowest BCUT2D eigenvalue weighted by atomic mass is 9.74. The third-order valence-electron chi connectivity index (χ3n) is 5.89. The zero-order chi connectivity index (χ0) is 25.8. The molecule has 1 heterocycles. The smallest absolute Gasteiger partial charge is 0.313 e. The molecule has 2 aromatic carbocycles. The number of carbonyl (C=O) groups excluding carboxylic acids is 1. The molecule has 0 aliphatic rings. The molecule has 0 spiro atoms. The number of aromatic nitrogens is 2. The topological polar surface area (TPSA) is 89.0 Å². The number of esters is 1. The average Bonchev–Trinajstić information content (AvgIpc) is 2.93. The molecule has 0 N–H and O–H groups in total. The molecule has 0 aliphatic carbocycles. The number of halogens is 1. The maximum Gasteiger partial charge on any atom is 0.313 e. The van der Waals surface area contributed by atoms with E-state index in [0.29, 0.717) is 30.6 Å². The van der Waals surface area contributed by atoms with E-state index >= 15 is 0 Å². The second-order valence-electron chi connectivity index (χ2n) is 7.99. The average molecular weight is 606 g/mol. The van der Waals surface area contributed by atoms with Crippen LogP contribution in [-0.4, -0.2) is 50.5 Å². The fourth-order valence-corrected chi connectivity index (χ4v) is 4.49. The summed E-state index contributed by atoms with van der Waals surface area (Å²) < 4.78 is 27.8. The number of rotatable bonds is 14. The van der Waals surface area contributed by atoms with E-state index in [1.807, 2.05) is 83.7 Å². The molecular formula is C27H31IN2O6. The number of ether oxygens (including phenoxy) is 4. The van der Waals surface area contributed by atoms with E-state index in [0.717, 1.165) is 17.5 Å². The number of methoxy groups -OCH3 is 3. The van der Waals surface area contributed by atoms with Gasteiger partial charge in [0, 0.05) is 13.5 Å². The molecule has 9 heteroatoms. The van der Waals surface area contributed by atoms with Crippen LogP contribution in [0.1, 0.15) is 29.8 Å². The molecule has 1 atom stereocenters. The summed E-state index contributed by atoms with van der Waals surface area (Å²) in [7, 11) is 4.64. The Hall–Kier alpha value is -2.76. The summed E-state index contributed by atoms with van der Waals surface area (Å²) in [6, 6.07) is 20.9. The standard InChI is InChI=1S/C27H31IN2O6/c1-32-24-19-25(33-2)30-23(29-24)18-22(26(31)35-16-10-11-17-36-28)27(34-3,20-12-6-4-7-13-20)21-14-8-5-9-15-21/h4-9,12-15,19,22H,10-11,16-18H2,1-3H3/t22-/m1/s1. The van der Waals surface area contributed by atoms with Gasteiger partial charge in [-0.05, 0) is 24.0 Å². The summed E-state index contributed by atoms with van der Waals surface area (Å²) >= 11 is 1.86. The van der Waals surface area contributed by atoms with Gasteiger partial charge in [0.05, 0.1) is 33.5 Å². The van der Waals surface area contributed by atoms with Crippen LogP contribution >= 0.6 is 23.0 Å². The van der Waals surface area contributed by atoms with Crippen molar-refractivity contribution in [2.75, 3.05) is 34.5 Å². The fourth-order valence-electron chi connectivity index (χ4n) is 4.18. The third kappa shape index (κ3) is 6.71. The first kappa shape index (κ1) is 27.8. The Morgan fingerprint density at radius 2 is 1.39 bits per heavy atom. The highest BCUT2D eigenvalue weighted by atomic mass is 127. The van der Waals surface area contributed by atoms with Gasteiger partial charge in [0.2, 0.25) is 11.8 Å². The molecule has 0 radical (unpaired) electrons. The molecule has 192 valence electrons. The fraction of sp³-hybridized carbons (Fsp3) is 0.370. The monoisotopic (exact) mass is 606 g/mol. The van der Waals surface area contributed by atoms with E-state index in [9.17, 15) is 4.79 Å². The van der Waals surface area contributed by atoms with Crippen LogP contribution in [0.4, 0.5) is 0 Å². The lowest BCUT2D eigenvalue weighted by molar-refractivity contribution is -0.159. The predicted molar refractivity (Wildman–Crippen MR) is 143 cm³/mol. The van der Waals surface area contributed by atoms with Crippen LogP contribution in [0.15, 0.2) is 66.7 Å². The molecule has 36 heavy (non-hydrogen) atoms. The van der Waals surface area contributed by atoms with Crippen molar-refractivity contribution in [2.24, 2.45) is 5.92 Å². The molecule has 0 amide bonds. The number of hydrogen-bond donors (Lipinski definition) is 0. The maximum absolute atomic E-state index is 13.8. The number of carbonyl (C=O) groups is 1. The molecular weight excluding hydrogens is 575 g/mol. The van der Waals surface area contributed by atoms with Crippen molar-refractivity contribution in [3.8, 4) is 11.8 Å². The zero-order valence-electron chi connectivity index (χ0n) is 20.7. The minimum absolute atomic E-state index is 0.126. The van der Waals surface area contributed by atoms with Crippen molar-refractivity contribution in [3.63, 3.8) is 0 Å². The second-order valence-corrected chi connectivity index (χ2v) is 8.61. The second kappa shape index (κ2) is 14.1. The van der Waals surface area contributed by atoms with E-state index in [-0.39, 0.29) is 13.0 Å². The largest absolute Gasteiger partial charge is 0.481 e. The molecule has 0 bridgehead atoms. The normalized spacial score (nSPS) is 12.1. The van der Waals surface area contributed by atoms with E-state index in [2.05, 4.69) is 9.97 Å². The molecule has 8 nitrogen and oxygen atoms in total. The van der Waals surface area contributed by atoms with Crippen LogP contribution in [0.2, 0.25) is 0 Å². The molecule has 3 aromatic rings. The lowest BCUT2D eigenvalue weighted by Gasteiger charge is -2.39. The van der Waals surface area contributed by atoms with Gasteiger partial charge in [-0.15, -0.1) is 0 Å². The van der Waals surface area contributed by atoms with Crippen molar-refractivity contribution in [3.05, 3.63) is 83.7 Å². The van der Waals surface area contributed by atoms with Crippen molar-refractivity contribution < 1.29 is 26.8 Å². The highest BCUT2D eigenvalue weighted by molar-refractivity contribution is 14.1. The minimum atomic E-state index is -1.16. The lowest BCUT2D eigenvalue weighted by Crippen LogP contribution is -2.45. The number of hydrogen-bond acceptors (Lipinski definition) is 8. The van der Waals surface area contributed by atoms with E-state index in [1.54, 1.807) is 13.2 Å². The summed E-state index contributed by atoms with van der Waals surface area (Å²) in [6.45, 7) is 0.857. The third-order valence-corrected chi connectivity index (χ3v) is 6.33. The van der Waals surface area contributed by atoms with Gasteiger partial charge in [-0.3, -0.25) is 4.79 Å². The molecule has 3 rings (SSSR count). The van der Waals surface area contributed by atoms with Gasteiger partial charge >= 0.3 is 5.97 Å². The Morgan fingerprint density at radius 3 is 1.86 bits per heavy atom. The van der Waals surface area contributed by atoms with Gasteiger partial charge in [-0.1, -0.05) is 60.7 Å². The first-order valence-electron chi connectivity index (χ1n) is 11.6. The first-order valence-corrected chi connectivity index (χ1v) is 12.5. The Labute approximate surface area is 226 Å². The van der Waals surface area contributed by atoms with E-state index in [1.165, 1.54) is 14.2 Å². The Morgan fingerprint density at radius 1 is 0.861 bits per heavy atom. The van der Waals surface area contributed by atoms with Crippen molar-refractivity contribution in [2.45, 2.75) is 24.9 Å². The highest BCUT2D eigenvalue weighted by Crippen LogP contribution is 2.42. The molecule has 0 aliphatic heterocycles. The number of unbranched alkanes of at least 4 members (excludes halogenated alkanes) is 1. The quantitative estimate of drug-likeness (QED) is 0.145. The summed E-state index contributed by atoms with van der Waals surface area (Å²) in [5, 5.41) is 0. The van der Waals surface area contributed by atoms with Crippen molar-refractivity contribution in [1.29, 1.82) is 0 Å². The van der Waals surface area contributed by atoms with Gasteiger partial charge in [-0.25, -0.2) is 0 Å². The van der Waals surface area contributed by atoms with Crippen LogP contribution in [0.3, 0.4) is 0 Å². The van der Waals surface area contributed by atoms with Crippen LogP contribution in [0.25, 0.3) is 0 Å². The van der Waals surface area contributed by atoms with Gasteiger partial charge in [0.15, 0.2) is 0 Å². The van der Waals surface area contributed by atoms with Gasteiger partial charge in [-0.2, -0.15) is 9.97 Å². The molecule has 0 unspecified atom stereocenters. The summed E-state index contributed by atoms with van der Waals surface area (Å²) in [6.07, 6.45) is 1.59. The SMILES string of the molecule is COc1cc(OC)nc(C[C@H](C(=O)OCCCCOI)C(OC)(c2ccccc2)c2ccccc2)n1. The first-order chi connectivity index (χ1) is 17.6. The van der Waals surface area contributed by atoms with Gasteiger partial charge < -0.3 is 22.0 Å². The Balaban J connectivity index is 2.10. The van der Waals surface area contributed by atoms with Gasteiger partial charge in [0.25, 0.3) is 0 Å². The van der Waals surface area contributed by atoms with Crippen LogP contribution in [-0.2, 0) is 29.4 Å². The summed E-state index contributed by atoms with van der Waals surface area (Å²) in [5.74, 6) is -0.176. The molecule has 1 aromatic heterocycles. The maximum atomic E-state index is 13.8. The van der Waals surface area contributed by atoms with Crippen molar-refractivity contribution in [1.82, 2.24) is 9.97 Å². The van der Waals surface area contributed by atoms with Crippen molar-refractivity contribution >= 4 is 29.0 Å². The Bertz CT molecular complexity index is 1020. The highest BCUT2D eigenvalue weighted by Gasteiger charge is 2.48. The summed E-state index contributed by atoms with van der Waals surface area (Å²) in [5.41, 5.74) is 0.465. The van der Waals surface area contributed by atoms with Crippen LogP contribution < -0.4 is 9.47 Å². The Kier molecular flexibility index (Phi) is 10.9. The number of nitrogens with zero attached hydrogens (tertiary/aromatic N) is 2. The minimum Gasteiger partial charge on any atom is -0.481 e. The van der Waals surface area contributed by atoms with Crippen LogP contribution in [0, 0.1) is 5.92 Å². The molecule has 0 saturated heterocycles. The van der Waals surface area contributed by atoms with Crippen LogP contribution in [0.5, 0.6) is 11.8 Å².